The second-order valence-electron chi connectivity index (χ2n) is 6.93. The molecule has 3 rings (SSSR count). The van der Waals surface area contributed by atoms with E-state index in [9.17, 15) is 9.59 Å². The minimum Gasteiger partial charge on any atom is -0.464 e. The minimum absolute atomic E-state index is 0.103. The van der Waals surface area contributed by atoms with Gasteiger partial charge in [0.25, 0.3) is 5.91 Å². The molecule has 138 valence electrons. The van der Waals surface area contributed by atoms with Crippen molar-refractivity contribution < 1.29 is 18.7 Å². The van der Waals surface area contributed by atoms with Gasteiger partial charge in [0.2, 0.25) is 0 Å². The average Bonchev–Trinajstić information content (AvgIpc) is 3.22. The molecular formula is C21H25NO4. The van der Waals surface area contributed by atoms with Crippen LogP contribution in [0.1, 0.15) is 37.0 Å². The lowest BCUT2D eigenvalue weighted by Crippen LogP contribution is -2.35. The zero-order chi connectivity index (χ0) is 18.7. The highest BCUT2D eigenvalue weighted by molar-refractivity contribution is 5.88. The molecule has 26 heavy (non-hydrogen) atoms. The molecule has 1 aromatic carbocycles. The molecular weight excluding hydrogens is 330 g/mol. The third-order valence-corrected chi connectivity index (χ3v) is 4.75. The van der Waals surface area contributed by atoms with Gasteiger partial charge >= 0.3 is 5.97 Å². The number of carbonyl (C=O) groups excluding carboxylic acids is 2. The third-order valence-electron chi connectivity index (χ3n) is 4.75. The van der Waals surface area contributed by atoms with Crippen molar-refractivity contribution >= 4 is 22.8 Å². The van der Waals surface area contributed by atoms with E-state index in [-0.39, 0.29) is 18.9 Å². The standard InChI is InChI=1S/C21H25NO4/c1-4-22(11-14(2)3)20(23)13-26-21(24)10-17-12-25-19-9-16-7-5-6-15(16)8-18(17)19/h8-9,12H,2,4-7,10-11,13H2,1,3H3. The molecule has 0 bridgehead atoms. The average molecular weight is 355 g/mol. The predicted octanol–water partition coefficient (Wildman–Crippen LogP) is 3.43. The van der Waals surface area contributed by atoms with Crippen molar-refractivity contribution in [2.45, 2.75) is 39.5 Å². The second kappa shape index (κ2) is 7.77. The summed E-state index contributed by atoms with van der Waals surface area (Å²) in [6.45, 7) is 8.35. The highest BCUT2D eigenvalue weighted by Gasteiger charge is 2.18. The van der Waals surface area contributed by atoms with Crippen LogP contribution in [0.5, 0.6) is 0 Å². The maximum Gasteiger partial charge on any atom is 0.310 e. The first-order valence-electron chi connectivity index (χ1n) is 9.07. The van der Waals surface area contributed by atoms with E-state index in [0.29, 0.717) is 13.1 Å². The highest BCUT2D eigenvalue weighted by atomic mass is 16.5. The normalized spacial score (nSPS) is 12.8. The summed E-state index contributed by atoms with van der Waals surface area (Å²) in [6, 6.07) is 4.20. The number of fused-ring (bicyclic) bond motifs is 2. The summed E-state index contributed by atoms with van der Waals surface area (Å²) in [7, 11) is 0. The van der Waals surface area contributed by atoms with Gasteiger partial charge in [-0.1, -0.05) is 12.2 Å². The third kappa shape index (κ3) is 3.98. The van der Waals surface area contributed by atoms with Crippen LogP contribution in [0.15, 0.2) is 35.0 Å². The van der Waals surface area contributed by atoms with Gasteiger partial charge in [0.15, 0.2) is 6.61 Å². The largest absolute Gasteiger partial charge is 0.464 e. The van der Waals surface area contributed by atoms with Gasteiger partial charge < -0.3 is 14.1 Å². The fourth-order valence-electron chi connectivity index (χ4n) is 3.43. The molecule has 1 amide bonds. The number of amides is 1. The number of hydrogen-bond donors (Lipinski definition) is 0. The van der Waals surface area contributed by atoms with Crippen LogP contribution in [0.25, 0.3) is 11.0 Å². The Labute approximate surface area is 153 Å². The Kier molecular flexibility index (Phi) is 5.45. The number of hydrogen-bond acceptors (Lipinski definition) is 4. The summed E-state index contributed by atoms with van der Waals surface area (Å²) in [4.78, 5) is 25.9. The predicted molar refractivity (Wildman–Crippen MR) is 100.0 cm³/mol. The van der Waals surface area contributed by atoms with Crippen LogP contribution in [0.3, 0.4) is 0 Å². The number of furan rings is 1. The van der Waals surface area contributed by atoms with Crippen LogP contribution in [-0.2, 0) is 33.6 Å². The Morgan fingerprint density at radius 1 is 1.27 bits per heavy atom. The van der Waals surface area contributed by atoms with E-state index in [2.05, 4.69) is 18.7 Å². The molecule has 1 aromatic heterocycles. The molecule has 0 fully saturated rings. The first-order chi connectivity index (χ1) is 12.5. The number of likely N-dealkylation sites (N-methyl/N-ethyl adjacent to an activating group) is 1. The van der Waals surface area contributed by atoms with E-state index in [0.717, 1.165) is 34.9 Å². The molecule has 0 aliphatic heterocycles. The molecule has 0 N–H and O–H groups in total. The summed E-state index contributed by atoms with van der Waals surface area (Å²) in [5, 5.41) is 0.964. The van der Waals surface area contributed by atoms with Crippen molar-refractivity contribution in [2.24, 2.45) is 0 Å². The van der Waals surface area contributed by atoms with Gasteiger partial charge in [-0.2, -0.15) is 0 Å². The van der Waals surface area contributed by atoms with Crippen molar-refractivity contribution in [1.29, 1.82) is 0 Å². The molecule has 0 atom stereocenters. The molecule has 5 heteroatoms. The smallest absolute Gasteiger partial charge is 0.310 e. The topological polar surface area (TPSA) is 59.8 Å². The molecule has 0 radical (unpaired) electrons. The summed E-state index contributed by atoms with van der Waals surface area (Å²) >= 11 is 0. The number of aryl methyl sites for hydroxylation is 2. The highest BCUT2D eigenvalue weighted by Crippen LogP contribution is 2.30. The molecule has 0 spiro atoms. The summed E-state index contributed by atoms with van der Waals surface area (Å²) < 4.78 is 10.8. The van der Waals surface area contributed by atoms with Crippen molar-refractivity contribution in [3.05, 3.63) is 47.2 Å². The van der Waals surface area contributed by atoms with Gasteiger partial charge in [0.05, 0.1) is 12.7 Å². The van der Waals surface area contributed by atoms with Crippen molar-refractivity contribution in [3.63, 3.8) is 0 Å². The fourth-order valence-corrected chi connectivity index (χ4v) is 3.43. The van der Waals surface area contributed by atoms with Gasteiger partial charge in [0.1, 0.15) is 5.58 Å². The maximum absolute atomic E-state index is 12.2. The lowest BCUT2D eigenvalue weighted by atomic mass is 10.0. The van der Waals surface area contributed by atoms with Crippen LogP contribution < -0.4 is 0 Å². The first-order valence-corrected chi connectivity index (χ1v) is 9.07. The minimum atomic E-state index is -0.423. The zero-order valence-electron chi connectivity index (χ0n) is 15.5. The maximum atomic E-state index is 12.2. The van der Waals surface area contributed by atoms with E-state index >= 15 is 0 Å². The molecule has 0 unspecified atom stereocenters. The Bertz CT molecular complexity index is 849. The lowest BCUT2D eigenvalue weighted by Gasteiger charge is -2.20. The lowest BCUT2D eigenvalue weighted by molar-refractivity contribution is -0.151. The van der Waals surface area contributed by atoms with Crippen molar-refractivity contribution in [1.82, 2.24) is 4.90 Å². The molecule has 0 saturated carbocycles. The molecule has 0 saturated heterocycles. The molecule has 2 aromatic rings. The summed E-state index contributed by atoms with van der Waals surface area (Å²) in [5.74, 6) is -0.633. The van der Waals surface area contributed by atoms with Crippen molar-refractivity contribution in [3.8, 4) is 0 Å². The second-order valence-corrected chi connectivity index (χ2v) is 6.93. The van der Waals surface area contributed by atoms with Gasteiger partial charge in [-0.3, -0.25) is 9.59 Å². The Morgan fingerprint density at radius 3 is 2.69 bits per heavy atom. The van der Waals surface area contributed by atoms with Crippen LogP contribution in [0.2, 0.25) is 0 Å². The Morgan fingerprint density at radius 2 is 2.00 bits per heavy atom. The van der Waals surface area contributed by atoms with Gasteiger partial charge in [-0.25, -0.2) is 0 Å². The molecule has 1 aliphatic rings. The number of nitrogens with zero attached hydrogens (tertiary/aromatic N) is 1. The van der Waals surface area contributed by atoms with Crippen LogP contribution in [0, 0.1) is 0 Å². The zero-order valence-corrected chi connectivity index (χ0v) is 15.5. The number of benzene rings is 1. The number of carbonyl (C=O) groups is 2. The van der Waals surface area contributed by atoms with E-state index in [1.54, 1.807) is 11.2 Å². The van der Waals surface area contributed by atoms with Crippen LogP contribution >= 0.6 is 0 Å². The van der Waals surface area contributed by atoms with Gasteiger partial charge in [0, 0.05) is 24.0 Å². The monoisotopic (exact) mass is 355 g/mol. The Balaban J connectivity index is 1.61. The van der Waals surface area contributed by atoms with E-state index in [1.165, 1.54) is 17.5 Å². The summed E-state index contributed by atoms with van der Waals surface area (Å²) in [6.07, 6.45) is 5.04. The van der Waals surface area contributed by atoms with E-state index in [4.69, 9.17) is 9.15 Å². The molecule has 1 heterocycles. The molecule has 1 aliphatic carbocycles. The quantitative estimate of drug-likeness (QED) is 0.564. The fraction of sp³-hybridized carbons (Fsp3) is 0.429. The van der Waals surface area contributed by atoms with Crippen molar-refractivity contribution in [2.75, 3.05) is 19.7 Å². The van der Waals surface area contributed by atoms with E-state index < -0.39 is 5.97 Å². The van der Waals surface area contributed by atoms with Crippen LogP contribution in [-0.4, -0.2) is 36.5 Å². The van der Waals surface area contributed by atoms with E-state index in [1.807, 2.05) is 13.8 Å². The Hall–Kier alpha value is -2.56. The first kappa shape index (κ1) is 18.2. The molecule has 5 nitrogen and oxygen atoms in total. The number of esters is 1. The number of rotatable bonds is 7. The van der Waals surface area contributed by atoms with Crippen LogP contribution in [0.4, 0.5) is 0 Å². The number of ether oxygens (including phenoxy) is 1. The van der Waals surface area contributed by atoms with Gasteiger partial charge in [-0.05, 0) is 56.4 Å². The van der Waals surface area contributed by atoms with Gasteiger partial charge in [-0.15, -0.1) is 0 Å². The summed E-state index contributed by atoms with van der Waals surface area (Å²) in [5.41, 5.74) is 5.18. The SMILES string of the molecule is C=C(C)CN(CC)C(=O)COC(=O)Cc1coc2cc3c(cc12)CCC3.